The summed E-state index contributed by atoms with van der Waals surface area (Å²) >= 11 is 0. The molecule has 1 fully saturated rings. The van der Waals surface area contributed by atoms with E-state index >= 15 is 0 Å². The minimum atomic E-state index is 0.274. The molecule has 3 rings (SSSR count). The predicted molar refractivity (Wildman–Crippen MR) is 75.0 cm³/mol. The summed E-state index contributed by atoms with van der Waals surface area (Å²) in [6.07, 6.45) is 5.07. The number of aromatic nitrogens is 2. The van der Waals surface area contributed by atoms with Gasteiger partial charge in [-0.15, -0.1) is 0 Å². The Hall–Kier alpha value is -1.65. The maximum atomic E-state index is 5.58. The molecule has 100 valence electrons. The van der Waals surface area contributed by atoms with Gasteiger partial charge < -0.3 is 10.1 Å². The van der Waals surface area contributed by atoms with Gasteiger partial charge in [0.25, 0.3) is 0 Å². The van der Waals surface area contributed by atoms with E-state index in [2.05, 4.69) is 28.7 Å². The summed E-state index contributed by atoms with van der Waals surface area (Å²) < 4.78 is 7.61. The topological polar surface area (TPSA) is 39.1 Å². The standard InChI is InChI=1S/C15H19N3O/c1-16-14-7-8-19-11-15(14)18-10-13(9-17-18)12-5-3-2-4-6-12/h2-6,9-10,14-16H,7-8,11H2,1H3. The van der Waals surface area contributed by atoms with Crippen LogP contribution < -0.4 is 5.32 Å². The van der Waals surface area contributed by atoms with E-state index < -0.39 is 0 Å². The van der Waals surface area contributed by atoms with Crippen LogP contribution in [0.2, 0.25) is 0 Å². The van der Waals surface area contributed by atoms with Crippen LogP contribution in [0.25, 0.3) is 11.1 Å². The third-order valence-corrected chi connectivity index (χ3v) is 3.75. The molecular weight excluding hydrogens is 238 g/mol. The molecule has 4 nitrogen and oxygen atoms in total. The fourth-order valence-corrected chi connectivity index (χ4v) is 2.62. The largest absolute Gasteiger partial charge is 0.379 e. The highest BCUT2D eigenvalue weighted by molar-refractivity contribution is 5.61. The van der Waals surface area contributed by atoms with Crippen molar-refractivity contribution in [3.63, 3.8) is 0 Å². The monoisotopic (exact) mass is 257 g/mol. The van der Waals surface area contributed by atoms with E-state index in [1.807, 2.05) is 36.1 Å². The highest BCUT2D eigenvalue weighted by Crippen LogP contribution is 2.23. The van der Waals surface area contributed by atoms with Crippen LogP contribution in [0.5, 0.6) is 0 Å². The zero-order chi connectivity index (χ0) is 13.1. The molecule has 2 heterocycles. The maximum Gasteiger partial charge on any atom is 0.0906 e. The third kappa shape index (κ3) is 2.55. The van der Waals surface area contributed by atoms with Gasteiger partial charge in [-0.05, 0) is 19.0 Å². The Morgan fingerprint density at radius 3 is 2.89 bits per heavy atom. The average molecular weight is 257 g/mol. The van der Waals surface area contributed by atoms with Crippen molar-refractivity contribution in [2.24, 2.45) is 0 Å². The van der Waals surface area contributed by atoms with E-state index in [4.69, 9.17) is 4.74 Å². The van der Waals surface area contributed by atoms with E-state index in [9.17, 15) is 0 Å². The van der Waals surface area contributed by atoms with Crippen LogP contribution in [0.1, 0.15) is 12.5 Å². The number of hydrogen-bond acceptors (Lipinski definition) is 3. The molecule has 1 N–H and O–H groups in total. The smallest absolute Gasteiger partial charge is 0.0906 e. The lowest BCUT2D eigenvalue weighted by Crippen LogP contribution is -2.42. The van der Waals surface area contributed by atoms with Crippen LogP contribution in [0.4, 0.5) is 0 Å². The van der Waals surface area contributed by atoms with E-state index in [0.29, 0.717) is 6.04 Å². The van der Waals surface area contributed by atoms with Gasteiger partial charge in [-0.1, -0.05) is 30.3 Å². The van der Waals surface area contributed by atoms with Crippen LogP contribution in [-0.4, -0.2) is 36.1 Å². The molecule has 2 unspecified atom stereocenters. The molecule has 1 saturated heterocycles. The number of benzene rings is 1. The zero-order valence-electron chi connectivity index (χ0n) is 11.1. The molecule has 2 atom stereocenters. The Morgan fingerprint density at radius 1 is 1.26 bits per heavy atom. The molecule has 0 spiro atoms. The van der Waals surface area contributed by atoms with E-state index in [0.717, 1.165) is 25.2 Å². The van der Waals surface area contributed by atoms with Gasteiger partial charge in [-0.25, -0.2) is 0 Å². The number of nitrogens with zero attached hydrogens (tertiary/aromatic N) is 2. The molecule has 1 aromatic heterocycles. The van der Waals surface area contributed by atoms with Crippen LogP contribution in [0.15, 0.2) is 42.7 Å². The molecule has 0 aliphatic carbocycles. The molecule has 0 radical (unpaired) electrons. The Morgan fingerprint density at radius 2 is 2.11 bits per heavy atom. The number of nitrogens with one attached hydrogen (secondary N) is 1. The number of rotatable bonds is 3. The number of hydrogen-bond donors (Lipinski definition) is 1. The van der Waals surface area contributed by atoms with Crippen LogP contribution >= 0.6 is 0 Å². The molecule has 0 amide bonds. The zero-order valence-corrected chi connectivity index (χ0v) is 11.1. The molecule has 0 bridgehead atoms. The van der Waals surface area contributed by atoms with Gasteiger partial charge in [-0.2, -0.15) is 5.10 Å². The molecule has 2 aromatic rings. The second-order valence-corrected chi connectivity index (χ2v) is 4.90. The predicted octanol–water partition coefficient (Wildman–Crippen LogP) is 2.10. The van der Waals surface area contributed by atoms with Gasteiger partial charge in [0, 0.05) is 24.4 Å². The minimum Gasteiger partial charge on any atom is -0.379 e. The lowest BCUT2D eigenvalue weighted by molar-refractivity contribution is 0.0347. The first-order valence-corrected chi connectivity index (χ1v) is 6.73. The van der Waals surface area contributed by atoms with Gasteiger partial charge in [-0.3, -0.25) is 4.68 Å². The normalized spacial score (nSPS) is 23.4. The quantitative estimate of drug-likeness (QED) is 0.915. The number of ether oxygens (including phenoxy) is 1. The lowest BCUT2D eigenvalue weighted by atomic mass is 10.0. The second-order valence-electron chi connectivity index (χ2n) is 4.90. The SMILES string of the molecule is CNC1CCOCC1n1cc(-c2ccccc2)cn1. The van der Waals surface area contributed by atoms with E-state index in [1.165, 1.54) is 5.56 Å². The van der Waals surface area contributed by atoms with Crippen molar-refractivity contribution in [1.29, 1.82) is 0 Å². The van der Waals surface area contributed by atoms with Gasteiger partial charge in [0.2, 0.25) is 0 Å². The first-order chi connectivity index (χ1) is 9.38. The molecule has 1 aliphatic heterocycles. The molecule has 1 aliphatic rings. The lowest BCUT2D eigenvalue weighted by Gasteiger charge is -2.31. The summed E-state index contributed by atoms with van der Waals surface area (Å²) in [5.41, 5.74) is 2.35. The van der Waals surface area contributed by atoms with Crippen molar-refractivity contribution < 1.29 is 4.74 Å². The van der Waals surface area contributed by atoms with Gasteiger partial charge in [0.05, 0.1) is 18.8 Å². The Labute approximate surface area is 113 Å². The van der Waals surface area contributed by atoms with E-state index in [1.54, 1.807) is 0 Å². The maximum absolute atomic E-state index is 5.58. The molecule has 19 heavy (non-hydrogen) atoms. The van der Waals surface area contributed by atoms with Gasteiger partial charge >= 0.3 is 0 Å². The summed E-state index contributed by atoms with van der Waals surface area (Å²) in [5.74, 6) is 0. The van der Waals surface area contributed by atoms with Crippen LogP contribution in [0, 0.1) is 0 Å². The van der Waals surface area contributed by atoms with Crippen LogP contribution in [0.3, 0.4) is 0 Å². The van der Waals surface area contributed by atoms with Crippen LogP contribution in [-0.2, 0) is 4.74 Å². The highest BCUT2D eigenvalue weighted by atomic mass is 16.5. The van der Waals surface area contributed by atoms with Crippen molar-refractivity contribution in [3.05, 3.63) is 42.7 Å². The second kappa shape index (κ2) is 5.55. The van der Waals surface area contributed by atoms with E-state index in [-0.39, 0.29) is 6.04 Å². The Bertz CT molecular complexity index is 523. The van der Waals surface area contributed by atoms with Crippen molar-refractivity contribution in [2.45, 2.75) is 18.5 Å². The third-order valence-electron chi connectivity index (χ3n) is 3.75. The van der Waals surface area contributed by atoms with Crippen molar-refractivity contribution in [1.82, 2.24) is 15.1 Å². The fraction of sp³-hybridized carbons (Fsp3) is 0.400. The molecular formula is C15H19N3O. The summed E-state index contributed by atoms with van der Waals surface area (Å²) in [5, 5.41) is 7.87. The van der Waals surface area contributed by atoms with Crippen molar-refractivity contribution >= 4 is 0 Å². The Kier molecular flexibility index (Phi) is 3.62. The first-order valence-electron chi connectivity index (χ1n) is 6.73. The van der Waals surface area contributed by atoms with Crippen molar-refractivity contribution in [3.8, 4) is 11.1 Å². The first kappa shape index (κ1) is 12.4. The summed E-state index contributed by atoms with van der Waals surface area (Å²) in [4.78, 5) is 0. The summed E-state index contributed by atoms with van der Waals surface area (Å²) in [6, 6.07) is 11.0. The molecule has 4 heteroatoms. The average Bonchev–Trinajstić information content (AvgIpc) is 2.98. The molecule has 1 aromatic carbocycles. The number of likely N-dealkylation sites (N-methyl/N-ethyl adjacent to an activating group) is 1. The van der Waals surface area contributed by atoms with Gasteiger partial charge in [0.1, 0.15) is 0 Å². The van der Waals surface area contributed by atoms with Crippen molar-refractivity contribution in [2.75, 3.05) is 20.3 Å². The highest BCUT2D eigenvalue weighted by Gasteiger charge is 2.26. The summed E-state index contributed by atoms with van der Waals surface area (Å²) in [6.45, 7) is 1.55. The minimum absolute atomic E-state index is 0.274. The molecule has 0 saturated carbocycles. The fourth-order valence-electron chi connectivity index (χ4n) is 2.62. The van der Waals surface area contributed by atoms with Gasteiger partial charge in [0.15, 0.2) is 0 Å². The Balaban J connectivity index is 1.84. The summed E-state index contributed by atoms with van der Waals surface area (Å²) in [7, 11) is 2.00.